The molecule has 0 unspecified atom stereocenters. The van der Waals surface area contributed by atoms with Crippen LogP contribution in [0, 0.1) is 18.3 Å². The molecule has 6 heteroatoms. The van der Waals surface area contributed by atoms with E-state index in [9.17, 15) is 4.79 Å². The fourth-order valence-corrected chi connectivity index (χ4v) is 0.582. The molecule has 1 aromatic heterocycles. The van der Waals surface area contributed by atoms with Gasteiger partial charge in [-0.05, 0) is 0 Å². The van der Waals surface area contributed by atoms with Crippen molar-refractivity contribution in [2.24, 2.45) is 0 Å². The van der Waals surface area contributed by atoms with Crippen LogP contribution >= 0.6 is 0 Å². The number of amides is 1. The van der Waals surface area contributed by atoms with Crippen molar-refractivity contribution in [2.45, 2.75) is 13.3 Å². The second-order valence-electron chi connectivity index (χ2n) is 2.01. The van der Waals surface area contributed by atoms with E-state index in [4.69, 9.17) is 9.68 Å². The number of nitrogens with one attached hydrogen (secondary N) is 1. The molecule has 0 aliphatic rings. The summed E-state index contributed by atoms with van der Waals surface area (Å²) in [6.45, 7) is 1.60. The van der Waals surface area contributed by atoms with E-state index in [-0.39, 0.29) is 12.4 Å². The third-order valence-electron chi connectivity index (χ3n) is 1.01. The zero-order chi connectivity index (χ0) is 8.97. The lowest BCUT2D eigenvalue weighted by Crippen LogP contribution is -2.10. The van der Waals surface area contributed by atoms with E-state index in [0.717, 1.165) is 0 Å². The molecule has 0 spiro atoms. The first-order valence-corrected chi connectivity index (χ1v) is 3.19. The Morgan fingerprint density at radius 1 is 1.75 bits per heavy atom. The number of carbonyl (C=O) groups excluding carboxylic acids is 1. The first kappa shape index (κ1) is 8.20. The van der Waals surface area contributed by atoms with E-state index in [1.54, 1.807) is 13.0 Å². The summed E-state index contributed by atoms with van der Waals surface area (Å²) in [5.74, 6) is -0.0941. The van der Waals surface area contributed by atoms with Crippen LogP contribution in [0.1, 0.15) is 12.3 Å². The Labute approximate surface area is 68.2 Å². The summed E-state index contributed by atoms with van der Waals surface area (Å²) in [5, 5.41) is 17.4. The van der Waals surface area contributed by atoms with Gasteiger partial charge in [0.25, 0.3) is 0 Å². The summed E-state index contributed by atoms with van der Waals surface area (Å²) >= 11 is 0. The number of hydrogen-bond donors (Lipinski definition) is 1. The van der Waals surface area contributed by atoms with Crippen molar-refractivity contribution in [2.75, 3.05) is 5.32 Å². The number of aromatic nitrogens is 2. The predicted molar refractivity (Wildman–Crippen MR) is 37.9 cm³/mol. The maximum atomic E-state index is 10.8. The summed E-state index contributed by atoms with van der Waals surface area (Å²) in [6.07, 6.45) is -0.221. The maximum Gasteiger partial charge on any atom is 0.322 e. The predicted octanol–water partition coefficient (Wildman–Crippen LogP) is 0.230. The number of anilines is 1. The van der Waals surface area contributed by atoms with Gasteiger partial charge in [-0.2, -0.15) is 5.26 Å². The smallest absolute Gasteiger partial charge is 0.322 e. The fourth-order valence-electron chi connectivity index (χ4n) is 0.582. The number of carbonyl (C=O) groups is 1. The Hall–Kier alpha value is -1.90. The van der Waals surface area contributed by atoms with Crippen LogP contribution in [0.4, 0.5) is 6.01 Å². The van der Waals surface area contributed by atoms with Gasteiger partial charge in [-0.1, -0.05) is 5.10 Å². The highest BCUT2D eigenvalue weighted by Gasteiger charge is 2.05. The molecule has 1 rings (SSSR count). The quantitative estimate of drug-likeness (QED) is 0.678. The maximum absolute atomic E-state index is 10.8. The molecule has 0 bridgehead atoms. The van der Waals surface area contributed by atoms with Gasteiger partial charge in [0.1, 0.15) is 6.42 Å². The molecule has 62 valence electrons. The molecule has 0 radical (unpaired) electrons. The fraction of sp³-hybridized carbons (Fsp3) is 0.333. The molecule has 12 heavy (non-hydrogen) atoms. The minimum atomic E-state index is -0.457. The van der Waals surface area contributed by atoms with E-state index in [0.29, 0.717) is 5.89 Å². The Morgan fingerprint density at radius 3 is 3.00 bits per heavy atom. The molecule has 0 saturated carbocycles. The summed E-state index contributed by atoms with van der Waals surface area (Å²) in [5.41, 5.74) is 0. The van der Waals surface area contributed by atoms with Crippen molar-refractivity contribution in [1.29, 1.82) is 5.26 Å². The first-order valence-electron chi connectivity index (χ1n) is 3.19. The van der Waals surface area contributed by atoms with Crippen molar-refractivity contribution in [3.63, 3.8) is 0 Å². The lowest BCUT2D eigenvalue weighted by Gasteiger charge is -1.92. The zero-order valence-corrected chi connectivity index (χ0v) is 6.37. The van der Waals surface area contributed by atoms with Gasteiger partial charge in [-0.25, -0.2) is 0 Å². The summed E-state index contributed by atoms with van der Waals surface area (Å²) in [7, 11) is 0. The van der Waals surface area contributed by atoms with Gasteiger partial charge in [0.15, 0.2) is 0 Å². The van der Waals surface area contributed by atoms with Crippen LogP contribution in [0.15, 0.2) is 4.42 Å². The summed E-state index contributed by atoms with van der Waals surface area (Å²) in [6, 6.07) is 1.71. The molecule has 6 nitrogen and oxygen atoms in total. The van der Waals surface area contributed by atoms with Gasteiger partial charge in [-0.3, -0.25) is 10.1 Å². The Kier molecular flexibility index (Phi) is 2.38. The van der Waals surface area contributed by atoms with Crippen LogP contribution in [0.5, 0.6) is 0 Å². The van der Waals surface area contributed by atoms with Crippen LogP contribution in [0.3, 0.4) is 0 Å². The van der Waals surface area contributed by atoms with E-state index in [1.807, 2.05) is 0 Å². The van der Waals surface area contributed by atoms with Crippen molar-refractivity contribution in [3.8, 4) is 6.07 Å². The third-order valence-corrected chi connectivity index (χ3v) is 1.01. The third kappa shape index (κ3) is 2.05. The molecular formula is C6H6N4O2. The highest BCUT2D eigenvalue weighted by molar-refractivity contribution is 5.89. The number of aryl methyl sites for hydroxylation is 1. The van der Waals surface area contributed by atoms with Crippen LogP contribution in [0.2, 0.25) is 0 Å². The van der Waals surface area contributed by atoms with Crippen LogP contribution in [-0.2, 0) is 4.79 Å². The van der Waals surface area contributed by atoms with Crippen LogP contribution in [-0.4, -0.2) is 16.1 Å². The van der Waals surface area contributed by atoms with Gasteiger partial charge in [0.05, 0.1) is 6.07 Å². The summed E-state index contributed by atoms with van der Waals surface area (Å²) < 4.78 is 4.84. The molecule has 0 aromatic carbocycles. The largest absolute Gasteiger partial charge is 0.408 e. The lowest BCUT2D eigenvalue weighted by atomic mass is 10.4. The first-order chi connectivity index (χ1) is 5.72. The topological polar surface area (TPSA) is 91.8 Å². The van der Waals surface area contributed by atoms with Gasteiger partial charge < -0.3 is 4.42 Å². The second-order valence-corrected chi connectivity index (χ2v) is 2.01. The van der Waals surface area contributed by atoms with Crippen LogP contribution < -0.4 is 5.32 Å². The average Bonchev–Trinajstić information content (AvgIpc) is 2.36. The van der Waals surface area contributed by atoms with Crippen molar-refractivity contribution < 1.29 is 9.21 Å². The SMILES string of the molecule is Cc1nnc(NC(=O)CC#N)o1. The van der Waals surface area contributed by atoms with Crippen LogP contribution in [0.25, 0.3) is 0 Å². The monoisotopic (exact) mass is 166 g/mol. The summed E-state index contributed by atoms with van der Waals surface area (Å²) in [4.78, 5) is 10.8. The van der Waals surface area contributed by atoms with Crippen molar-refractivity contribution in [3.05, 3.63) is 5.89 Å². The Balaban J connectivity index is 2.53. The van der Waals surface area contributed by atoms with Crippen molar-refractivity contribution >= 4 is 11.9 Å². The minimum absolute atomic E-state index is 0.0211. The highest BCUT2D eigenvalue weighted by atomic mass is 16.4. The van der Waals surface area contributed by atoms with E-state index >= 15 is 0 Å². The second kappa shape index (κ2) is 3.48. The molecule has 0 atom stereocenters. The molecule has 0 fully saturated rings. The Morgan fingerprint density at radius 2 is 2.50 bits per heavy atom. The lowest BCUT2D eigenvalue weighted by molar-refractivity contribution is -0.115. The van der Waals surface area contributed by atoms with E-state index in [2.05, 4.69) is 15.5 Å². The van der Waals surface area contributed by atoms with Gasteiger partial charge in [-0.15, -0.1) is 5.10 Å². The number of rotatable bonds is 2. The minimum Gasteiger partial charge on any atom is -0.408 e. The van der Waals surface area contributed by atoms with E-state index < -0.39 is 5.91 Å². The number of nitriles is 1. The molecule has 1 aromatic rings. The van der Waals surface area contributed by atoms with Gasteiger partial charge in [0.2, 0.25) is 11.8 Å². The number of hydrogen-bond acceptors (Lipinski definition) is 5. The normalized spacial score (nSPS) is 9.00. The standard InChI is InChI=1S/C6H6N4O2/c1-4-9-10-6(12-4)8-5(11)2-3-7/h2H2,1H3,(H,8,10,11). The van der Waals surface area contributed by atoms with E-state index in [1.165, 1.54) is 0 Å². The van der Waals surface area contributed by atoms with Gasteiger partial charge in [0, 0.05) is 6.92 Å². The molecule has 0 aliphatic heterocycles. The van der Waals surface area contributed by atoms with Gasteiger partial charge >= 0.3 is 6.01 Å². The number of nitrogens with zero attached hydrogens (tertiary/aromatic N) is 3. The average molecular weight is 166 g/mol. The van der Waals surface area contributed by atoms with Crippen molar-refractivity contribution in [1.82, 2.24) is 10.2 Å². The molecular weight excluding hydrogens is 160 g/mol. The zero-order valence-electron chi connectivity index (χ0n) is 6.37. The molecule has 1 amide bonds. The molecule has 1 heterocycles. The Bertz CT molecular complexity index is 325. The highest BCUT2D eigenvalue weighted by Crippen LogP contribution is 2.03. The molecule has 0 saturated heterocycles. The molecule has 0 aliphatic carbocycles. The molecule has 1 N–H and O–H groups in total.